The number of carbonyl (C=O) groups is 1. The maximum Gasteiger partial charge on any atom is 0.355 e. The van der Waals surface area contributed by atoms with E-state index in [1.807, 2.05) is 0 Å². The van der Waals surface area contributed by atoms with Crippen LogP contribution in [0.25, 0.3) is 0 Å². The topological polar surface area (TPSA) is 76.2 Å². The van der Waals surface area contributed by atoms with Gasteiger partial charge in [0.2, 0.25) is 0 Å². The van der Waals surface area contributed by atoms with Crippen LogP contribution in [-0.2, 0) is 9.53 Å². The Labute approximate surface area is 59.2 Å². The van der Waals surface area contributed by atoms with E-state index in [0.29, 0.717) is 5.70 Å². The van der Waals surface area contributed by atoms with Gasteiger partial charge in [-0.3, -0.25) is 5.41 Å². The zero-order chi connectivity index (χ0) is 8.15. The summed E-state index contributed by atoms with van der Waals surface area (Å²) in [6, 6.07) is 0. The lowest BCUT2D eigenvalue weighted by Gasteiger charge is -1.94. The first-order valence-electron chi connectivity index (χ1n) is 2.68. The van der Waals surface area contributed by atoms with E-state index in [1.54, 1.807) is 6.92 Å². The molecule has 0 amide bonds. The van der Waals surface area contributed by atoms with Crippen molar-refractivity contribution in [2.24, 2.45) is 5.73 Å². The third-order valence-electron chi connectivity index (χ3n) is 0.777. The highest BCUT2D eigenvalue weighted by atomic mass is 16.5. The summed E-state index contributed by atoms with van der Waals surface area (Å²) in [5.74, 6) is -0.676. The van der Waals surface area contributed by atoms with Crippen LogP contribution >= 0.6 is 0 Å². The van der Waals surface area contributed by atoms with E-state index >= 15 is 0 Å². The number of esters is 1. The Hall–Kier alpha value is -1.32. The highest BCUT2D eigenvalue weighted by molar-refractivity contribution is 6.39. The Kier molecular flexibility index (Phi) is 3.17. The first kappa shape index (κ1) is 8.68. The fourth-order valence-corrected chi connectivity index (χ4v) is 0.397. The molecule has 0 aliphatic heterocycles. The smallest absolute Gasteiger partial charge is 0.355 e. The van der Waals surface area contributed by atoms with Gasteiger partial charge in [-0.05, 0) is 13.0 Å². The molecule has 0 aromatic rings. The molecule has 0 fully saturated rings. The maximum absolute atomic E-state index is 10.5. The van der Waals surface area contributed by atoms with Gasteiger partial charge in [0.1, 0.15) is 5.71 Å². The number of allylic oxidation sites excluding steroid dienone is 1. The third kappa shape index (κ3) is 2.86. The Morgan fingerprint density at radius 2 is 2.20 bits per heavy atom. The molecule has 0 aliphatic rings. The van der Waals surface area contributed by atoms with Crippen LogP contribution in [-0.4, -0.2) is 18.8 Å². The molecule has 0 bridgehead atoms. The molecule has 4 nitrogen and oxygen atoms in total. The van der Waals surface area contributed by atoms with Crippen molar-refractivity contribution in [3.8, 4) is 0 Å². The minimum atomic E-state index is -0.676. The van der Waals surface area contributed by atoms with Crippen molar-refractivity contribution in [2.75, 3.05) is 7.11 Å². The summed E-state index contributed by atoms with van der Waals surface area (Å²) >= 11 is 0. The number of hydrogen-bond donors (Lipinski definition) is 2. The molecule has 0 saturated carbocycles. The molecular formula is C6H10N2O2. The van der Waals surface area contributed by atoms with Crippen LogP contribution in [0, 0.1) is 5.41 Å². The molecule has 0 unspecified atom stereocenters. The number of hydrogen-bond acceptors (Lipinski definition) is 4. The molecular weight excluding hydrogens is 132 g/mol. The number of carbonyl (C=O) groups excluding carboxylic acids is 1. The van der Waals surface area contributed by atoms with E-state index in [-0.39, 0.29) is 5.71 Å². The van der Waals surface area contributed by atoms with Crippen LogP contribution in [0.5, 0.6) is 0 Å². The maximum atomic E-state index is 10.5. The number of rotatable bonds is 2. The predicted molar refractivity (Wildman–Crippen MR) is 37.7 cm³/mol. The average Bonchev–Trinajstić information content (AvgIpc) is 1.85. The summed E-state index contributed by atoms with van der Waals surface area (Å²) < 4.78 is 4.25. The second kappa shape index (κ2) is 3.66. The molecule has 0 aliphatic carbocycles. The molecule has 0 radical (unpaired) electrons. The van der Waals surface area contributed by atoms with Gasteiger partial charge in [0, 0.05) is 5.70 Å². The lowest BCUT2D eigenvalue weighted by Crippen LogP contribution is -2.13. The largest absolute Gasteiger partial charge is 0.464 e. The normalized spacial score (nSPS) is 10.8. The summed E-state index contributed by atoms with van der Waals surface area (Å²) in [5.41, 5.74) is 5.38. The molecule has 4 heteroatoms. The number of methoxy groups -OCH3 is 1. The van der Waals surface area contributed by atoms with Gasteiger partial charge in [0.05, 0.1) is 7.11 Å². The van der Waals surface area contributed by atoms with Crippen molar-refractivity contribution in [2.45, 2.75) is 6.92 Å². The summed E-state index contributed by atoms with van der Waals surface area (Å²) in [5, 5.41) is 6.99. The number of nitrogens with one attached hydrogen (secondary N) is 1. The van der Waals surface area contributed by atoms with Crippen molar-refractivity contribution in [3.05, 3.63) is 11.8 Å². The molecule has 0 atom stereocenters. The molecule has 0 rings (SSSR count). The van der Waals surface area contributed by atoms with Gasteiger partial charge in [-0.25, -0.2) is 4.79 Å². The van der Waals surface area contributed by atoms with Crippen LogP contribution in [0.15, 0.2) is 11.8 Å². The van der Waals surface area contributed by atoms with Crippen molar-refractivity contribution >= 4 is 11.7 Å². The molecule has 0 spiro atoms. The van der Waals surface area contributed by atoms with E-state index in [4.69, 9.17) is 11.1 Å². The zero-order valence-electron chi connectivity index (χ0n) is 5.97. The Morgan fingerprint density at radius 3 is 2.50 bits per heavy atom. The number of nitrogens with two attached hydrogens (primary N) is 1. The Morgan fingerprint density at radius 1 is 1.70 bits per heavy atom. The number of ether oxygens (including phenoxy) is 1. The fraction of sp³-hybridized carbons (Fsp3) is 0.333. The van der Waals surface area contributed by atoms with Crippen molar-refractivity contribution in [1.82, 2.24) is 0 Å². The fourth-order valence-electron chi connectivity index (χ4n) is 0.397. The van der Waals surface area contributed by atoms with Gasteiger partial charge in [-0.2, -0.15) is 0 Å². The first-order valence-corrected chi connectivity index (χ1v) is 2.68. The first-order chi connectivity index (χ1) is 4.57. The van der Waals surface area contributed by atoms with Crippen molar-refractivity contribution < 1.29 is 9.53 Å². The molecule has 10 heavy (non-hydrogen) atoms. The van der Waals surface area contributed by atoms with Crippen LogP contribution in [0.1, 0.15) is 6.92 Å². The van der Waals surface area contributed by atoms with E-state index in [2.05, 4.69) is 4.74 Å². The standard InChI is InChI=1S/C6H10N2O2/c1-4(7)3-5(8)6(9)10-2/h3,8H,7H2,1-2H3/b4-3-,8-5?. The van der Waals surface area contributed by atoms with E-state index in [9.17, 15) is 4.79 Å². The van der Waals surface area contributed by atoms with Crippen LogP contribution in [0.2, 0.25) is 0 Å². The summed E-state index contributed by atoms with van der Waals surface area (Å²) in [7, 11) is 1.22. The van der Waals surface area contributed by atoms with Gasteiger partial charge < -0.3 is 10.5 Å². The van der Waals surface area contributed by atoms with Gasteiger partial charge in [0.25, 0.3) is 0 Å². The molecule has 3 N–H and O–H groups in total. The predicted octanol–water partition coefficient (Wildman–Crippen LogP) is 0.0417. The van der Waals surface area contributed by atoms with Crippen molar-refractivity contribution in [3.63, 3.8) is 0 Å². The lowest BCUT2D eigenvalue weighted by atomic mass is 10.3. The molecule has 0 heterocycles. The minimum Gasteiger partial charge on any atom is -0.464 e. The lowest BCUT2D eigenvalue weighted by molar-refractivity contribution is -0.132. The third-order valence-corrected chi connectivity index (χ3v) is 0.777. The Bertz CT molecular complexity index is 180. The Balaban J connectivity index is 4.11. The SMILES string of the molecule is COC(=O)C(=N)/C=C(/C)N. The van der Waals surface area contributed by atoms with Crippen molar-refractivity contribution in [1.29, 1.82) is 5.41 Å². The molecule has 0 aromatic heterocycles. The van der Waals surface area contributed by atoms with Crippen LogP contribution in [0.3, 0.4) is 0 Å². The van der Waals surface area contributed by atoms with E-state index in [0.717, 1.165) is 0 Å². The van der Waals surface area contributed by atoms with Gasteiger partial charge in [-0.1, -0.05) is 0 Å². The second-order valence-corrected chi connectivity index (χ2v) is 1.79. The minimum absolute atomic E-state index is 0.234. The van der Waals surface area contributed by atoms with E-state index in [1.165, 1.54) is 13.2 Å². The van der Waals surface area contributed by atoms with Gasteiger partial charge >= 0.3 is 5.97 Å². The van der Waals surface area contributed by atoms with Gasteiger partial charge in [0.15, 0.2) is 0 Å². The summed E-state index contributed by atoms with van der Waals surface area (Å²) in [6.07, 6.45) is 1.24. The monoisotopic (exact) mass is 142 g/mol. The zero-order valence-corrected chi connectivity index (χ0v) is 5.97. The summed E-state index contributed by atoms with van der Waals surface area (Å²) in [4.78, 5) is 10.5. The quantitative estimate of drug-likeness (QED) is 0.422. The average molecular weight is 142 g/mol. The van der Waals surface area contributed by atoms with E-state index < -0.39 is 5.97 Å². The molecule has 56 valence electrons. The molecule has 0 saturated heterocycles. The highest BCUT2D eigenvalue weighted by Crippen LogP contribution is 1.85. The van der Waals surface area contributed by atoms with Gasteiger partial charge in [-0.15, -0.1) is 0 Å². The van der Waals surface area contributed by atoms with Crippen LogP contribution in [0.4, 0.5) is 0 Å². The molecule has 0 aromatic carbocycles. The van der Waals surface area contributed by atoms with Crippen LogP contribution < -0.4 is 5.73 Å². The second-order valence-electron chi connectivity index (χ2n) is 1.79. The highest BCUT2D eigenvalue weighted by Gasteiger charge is 2.04. The summed E-state index contributed by atoms with van der Waals surface area (Å²) in [6.45, 7) is 1.59.